The van der Waals surface area contributed by atoms with E-state index in [2.05, 4.69) is 30.4 Å². The van der Waals surface area contributed by atoms with Crippen molar-refractivity contribution in [1.82, 2.24) is 5.32 Å². The molecule has 0 bridgehead atoms. The summed E-state index contributed by atoms with van der Waals surface area (Å²) in [6.45, 7) is 3.20. The predicted molar refractivity (Wildman–Crippen MR) is 62.5 cm³/mol. The molecular formula is C13H19NO. The summed E-state index contributed by atoms with van der Waals surface area (Å²) in [5, 5.41) is 3.17. The lowest BCUT2D eigenvalue weighted by atomic mass is 10.0. The van der Waals surface area contributed by atoms with Crippen molar-refractivity contribution in [2.45, 2.75) is 32.3 Å². The van der Waals surface area contributed by atoms with Crippen molar-refractivity contribution in [2.24, 2.45) is 0 Å². The number of benzene rings is 1. The van der Waals surface area contributed by atoms with Gasteiger partial charge in [0.1, 0.15) is 11.9 Å². The lowest BCUT2D eigenvalue weighted by Crippen LogP contribution is -2.09. The van der Waals surface area contributed by atoms with Gasteiger partial charge in [0.25, 0.3) is 0 Å². The van der Waals surface area contributed by atoms with Crippen LogP contribution in [0, 0.1) is 0 Å². The SMILES string of the molecule is CNCCCc1cccc2c1OC(C)C2. The largest absolute Gasteiger partial charge is 0.490 e. The molecule has 1 aromatic rings. The van der Waals surface area contributed by atoms with Crippen LogP contribution < -0.4 is 10.1 Å². The fraction of sp³-hybridized carbons (Fsp3) is 0.538. The summed E-state index contributed by atoms with van der Waals surface area (Å²) in [6, 6.07) is 6.52. The van der Waals surface area contributed by atoms with E-state index in [-0.39, 0.29) is 0 Å². The number of hydrogen-bond donors (Lipinski definition) is 1. The summed E-state index contributed by atoms with van der Waals surface area (Å²) in [6.07, 6.45) is 3.70. The maximum Gasteiger partial charge on any atom is 0.126 e. The van der Waals surface area contributed by atoms with Gasteiger partial charge in [0.05, 0.1) is 0 Å². The van der Waals surface area contributed by atoms with Crippen LogP contribution in [0.5, 0.6) is 5.75 Å². The third kappa shape index (κ3) is 2.32. The second kappa shape index (κ2) is 4.67. The highest BCUT2D eigenvalue weighted by Crippen LogP contribution is 2.32. The zero-order chi connectivity index (χ0) is 10.7. The number of aryl methyl sites for hydroxylation is 1. The Morgan fingerprint density at radius 3 is 3.13 bits per heavy atom. The Balaban J connectivity index is 2.09. The van der Waals surface area contributed by atoms with Crippen molar-refractivity contribution >= 4 is 0 Å². The van der Waals surface area contributed by atoms with Crippen molar-refractivity contribution < 1.29 is 4.74 Å². The lowest BCUT2D eigenvalue weighted by molar-refractivity contribution is 0.252. The quantitative estimate of drug-likeness (QED) is 0.761. The molecule has 15 heavy (non-hydrogen) atoms. The van der Waals surface area contributed by atoms with E-state index in [9.17, 15) is 0 Å². The molecule has 1 heterocycles. The summed E-state index contributed by atoms with van der Waals surface area (Å²) >= 11 is 0. The van der Waals surface area contributed by atoms with Crippen molar-refractivity contribution in [2.75, 3.05) is 13.6 Å². The van der Waals surface area contributed by atoms with Crippen LogP contribution in [-0.2, 0) is 12.8 Å². The maximum absolute atomic E-state index is 5.85. The van der Waals surface area contributed by atoms with Crippen LogP contribution in [0.1, 0.15) is 24.5 Å². The predicted octanol–water partition coefficient (Wildman–Crippen LogP) is 2.16. The van der Waals surface area contributed by atoms with Crippen LogP contribution in [0.15, 0.2) is 18.2 Å². The van der Waals surface area contributed by atoms with Crippen LogP contribution in [0.3, 0.4) is 0 Å². The zero-order valence-corrected chi connectivity index (χ0v) is 9.55. The summed E-state index contributed by atoms with van der Waals surface area (Å²) in [5.41, 5.74) is 2.75. The van der Waals surface area contributed by atoms with Gasteiger partial charge < -0.3 is 10.1 Å². The molecule has 2 nitrogen and oxygen atoms in total. The minimum atomic E-state index is 0.352. The highest BCUT2D eigenvalue weighted by Gasteiger charge is 2.20. The fourth-order valence-corrected chi connectivity index (χ4v) is 2.16. The fourth-order valence-electron chi connectivity index (χ4n) is 2.16. The minimum absolute atomic E-state index is 0.352. The number of hydrogen-bond acceptors (Lipinski definition) is 2. The molecule has 82 valence electrons. The Hall–Kier alpha value is -1.02. The van der Waals surface area contributed by atoms with Gasteiger partial charge >= 0.3 is 0 Å². The van der Waals surface area contributed by atoms with Crippen molar-refractivity contribution in [3.8, 4) is 5.75 Å². The first-order valence-corrected chi connectivity index (χ1v) is 5.73. The molecule has 0 spiro atoms. The minimum Gasteiger partial charge on any atom is -0.490 e. The Labute approximate surface area is 91.6 Å². The number of para-hydroxylation sites is 1. The molecule has 1 aliphatic heterocycles. The number of fused-ring (bicyclic) bond motifs is 1. The third-order valence-corrected chi connectivity index (χ3v) is 2.88. The molecule has 0 fully saturated rings. The van der Waals surface area contributed by atoms with Crippen LogP contribution >= 0.6 is 0 Å². The maximum atomic E-state index is 5.85. The van der Waals surface area contributed by atoms with Crippen LogP contribution in [0.4, 0.5) is 0 Å². The normalized spacial score (nSPS) is 18.7. The third-order valence-electron chi connectivity index (χ3n) is 2.88. The molecule has 0 saturated carbocycles. The Kier molecular flexibility index (Phi) is 3.27. The molecular weight excluding hydrogens is 186 g/mol. The van der Waals surface area contributed by atoms with Crippen molar-refractivity contribution in [3.05, 3.63) is 29.3 Å². The number of ether oxygens (including phenoxy) is 1. The second-order valence-electron chi connectivity index (χ2n) is 4.25. The van der Waals surface area contributed by atoms with Crippen molar-refractivity contribution in [1.29, 1.82) is 0 Å². The number of rotatable bonds is 4. The molecule has 1 atom stereocenters. The van der Waals surface area contributed by atoms with Gasteiger partial charge in [-0.2, -0.15) is 0 Å². The topological polar surface area (TPSA) is 21.3 Å². The summed E-state index contributed by atoms with van der Waals surface area (Å²) < 4.78 is 5.85. The highest BCUT2D eigenvalue weighted by molar-refractivity contribution is 5.44. The first kappa shape index (κ1) is 10.5. The molecule has 2 rings (SSSR count). The van der Waals surface area contributed by atoms with Gasteiger partial charge in [0.2, 0.25) is 0 Å². The Bertz CT molecular complexity index is 335. The van der Waals surface area contributed by atoms with Gasteiger partial charge in [0, 0.05) is 6.42 Å². The van der Waals surface area contributed by atoms with Gasteiger partial charge in [0.15, 0.2) is 0 Å². The van der Waals surface area contributed by atoms with Crippen LogP contribution in [-0.4, -0.2) is 19.7 Å². The van der Waals surface area contributed by atoms with Gasteiger partial charge in [-0.05, 0) is 44.5 Å². The first-order valence-electron chi connectivity index (χ1n) is 5.73. The van der Waals surface area contributed by atoms with E-state index in [0.717, 1.165) is 25.1 Å². The summed E-state index contributed by atoms with van der Waals surface area (Å²) in [5.74, 6) is 1.15. The van der Waals surface area contributed by atoms with E-state index in [4.69, 9.17) is 4.74 Å². The Morgan fingerprint density at radius 1 is 1.47 bits per heavy atom. The first-order chi connectivity index (χ1) is 7.31. The van der Waals surface area contributed by atoms with Crippen LogP contribution in [0.2, 0.25) is 0 Å². The zero-order valence-electron chi connectivity index (χ0n) is 9.55. The Morgan fingerprint density at radius 2 is 2.33 bits per heavy atom. The molecule has 0 aliphatic carbocycles. The van der Waals surface area contributed by atoms with E-state index in [1.165, 1.54) is 17.5 Å². The molecule has 1 aromatic carbocycles. The molecule has 2 heteroatoms. The second-order valence-corrected chi connectivity index (χ2v) is 4.25. The summed E-state index contributed by atoms with van der Waals surface area (Å²) in [4.78, 5) is 0. The van der Waals surface area contributed by atoms with E-state index < -0.39 is 0 Å². The van der Waals surface area contributed by atoms with Gasteiger partial charge in [-0.15, -0.1) is 0 Å². The van der Waals surface area contributed by atoms with E-state index in [0.29, 0.717) is 6.10 Å². The van der Waals surface area contributed by atoms with Gasteiger partial charge in [-0.25, -0.2) is 0 Å². The molecule has 1 unspecified atom stereocenters. The van der Waals surface area contributed by atoms with E-state index in [1.54, 1.807) is 0 Å². The molecule has 0 amide bonds. The standard InChI is InChI=1S/C13H19NO/c1-10-9-12-6-3-5-11(13(12)15-10)7-4-8-14-2/h3,5-6,10,14H,4,7-9H2,1-2H3. The van der Waals surface area contributed by atoms with E-state index in [1.807, 2.05) is 7.05 Å². The molecule has 1 N–H and O–H groups in total. The van der Waals surface area contributed by atoms with Crippen molar-refractivity contribution in [3.63, 3.8) is 0 Å². The van der Waals surface area contributed by atoms with E-state index >= 15 is 0 Å². The van der Waals surface area contributed by atoms with Gasteiger partial charge in [-0.1, -0.05) is 18.2 Å². The average Bonchev–Trinajstić information content (AvgIpc) is 2.59. The molecule has 0 radical (unpaired) electrons. The molecule has 1 aliphatic rings. The molecule has 0 aromatic heterocycles. The lowest BCUT2D eigenvalue weighted by Gasteiger charge is -2.09. The smallest absolute Gasteiger partial charge is 0.126 e. The highest BCUT2D eigenvalue weighted by atomic mass is 16.5. The van der Waals surface area contributed by atoms with Crippen LogP contribution in [0.25, 0.3) is 0 Å². The number of nitrogens with one attached hydrogen (secondary N) is 1. The molecule has 0 saturated heterocycles. The average molecular weight is 205 g/mol. The summed E-state index contributed by atoms with van der Waals surface area (Å²) in [7, 11) is 1.99. The monoisotopic (exact) mass is 205 g/mol. The van der Waals surface area contributed by atoms with Gasteiger partial charge in [-0.3, -0.25) is 0 Å².